The summed E-state index contributed by atoms with van der Waals surface area (Å²) < 4.78 is 13.2. The van der Waals surface area contributed by atoms with Gasteiger partial charge in [-0.25, -0.2) is 4.98 Å². The SMILES string of the molecule is CCCCC(CC)C(=O)N(Cc1ccco1)C(C)c1nc2ccccc2c(=O)n1-c1ccccc1OCC. The first-order chi connectivity index (χ1) is 18.5. The average Bonchev–Trinajstić information content (AvgIpc) is 3.46. The second-order valence-electron chi connectivity index (χ2n) is 9.50. The first-order valence-electron chi connectivity index (χ1n) is 13.6. The van der Waals surface area contributed by atoms with E-state index >= 15 is 0 Å². The normalized spacial score (nSPS) is 12.8. The van der Waals surface area contributed by atoms with Gasteiger partial charge in [-0.3, -0.25) is 14.2 Å². The number of rotatable bonds is 12. The monoisotopic (exact) mass is 515 g/mol. The van der Waals surface area contributed by atoms with Crippen molar-refractivity contribution in [2.75, 3.05) is 6.61 Å². The molecule has 0 saturated carbocycles. The van der Waals surface area contributed by atoms with Gasteiger partial charge in [0.25, 0.3) is 5.56 Å². The molecule has 4 rings (SSSR count). The highest BCUT2D eigenvalue weighted by atomic mass is 16.5. The maximum absolute atomic E-state index is 14.0. The fraction of sp³-hybridized carbons (Fsp3) is 0.387. The van der Waals surface area contributed by atoms with Gasteiger partial charge in [-0.05, 0) is 63.1 Å². The van der Waals surface area contributed by atoms with Crippen molar-refractivity contribution in [3.05, 3.63) is 88.9 Å². The Morgan fingerprint density at radius 2 is 1.82 bits per heavy atom. The zero-order chi connectivity index (χ0) is 27.1. The third-order valence-corrected chi connectivity index (χ3v) is 6.99. The molecule has 2 atom stereocenters. The van der Waals surface area contributed by atoms with E-state index in [-0.39, 0.29) is 23.9 Å². The van der Waals surface area contributed by atoms with Crippen LogP contribution < -0.4 is 10.3 Å². The summed E-state index contributed by atoms with van der Waals surface area (Å²) >= 11 is 0. The van der Waals surface area contributed by atoms with Crippen molar-refractivity contribution in [1.29, 1.82) is 0 Å². The minimum atomic E-state index is -0.518. The van der Waals surface area contributed by atoms with Crippen LogP contribution in [0.5, 0.6) is 5.75 Å². The first kappa shape index (κ1) is 27.2. The highest BCUT2D eigenvalue weighted by Gasteiger charge is 2.31. The van der Waals surface area contributed by atoms with Crippen LogP contribution >= 0.6 is 0 Å². The maximum atomic E-state index is 14.0. The van der Waals surface area contributed by atoms with E-state index in [0.29, 0.717) is 40.5 Å². The average molecular weight is 516 g/mol. The number of carbonyl (C=O) groups is 1. The summed E-state index contributed by atoms with van der Waals surface area (Å²) in [4.78, 5) is 34.8. The van der Waals surface area contributed by atoms with Gasteiger partial charge in [0.2, 0.25) is 5.91 Å². The molecule has 2 heterocycles. The number of hydrogen-bond donors (Lipinski definition) is 0. The molecule has 2 aromatic carbocycles. The topological polar surface area (TPSA) is 77.6 Å². The molecule has 0 aliphatic heterocycles. The van der Waals surface area contributed by atoms with Crippen LogP contribution in [0.2, 0.25) is 0 Å². The zero-order valence-electron chi connectivity index (χ0n) is 22.7. The molecule has 7 nitrogen and oxygen atoms in total. The first-order valence-corrected chi connectivity index (χ1v) is 13.6. The summed E-state index contributed by atoms with van der Waals surface area (Å²) in [5, 5.41) is 0.507. The van der Waals surface area contributed by atoms with E-state index in [1.807, 2.05) is 68.4 Å². The molecule has 2 aromatic heterocycles. The van der Waals surface area contributed by atoms with Crippen LogP contribution in [0.15, 0.2) is 76.1 Å². The van der Waals surface area contributed by atoms with Crippen molar-refractivity contribution in [1.82, 2.24) is 14.5 Å². The summed E-state index contributed by atoms with van der Waals surface area (Å²) in [6, 6.07) is 17.9. The lowest BCUT2D eigenvalue weighted by Gasteiger charge is -2.33. The summed E-state index contributed by atoms with van der Waals surface area (Å²) in [5.74, 6) is 1.66. The fourth-order valence-corrected chi connectivity index (χ4v) is 4.89. The highest BCUT2D eigenvalue weighted by Crippen LogP contribution is 2.30. The number of nitrogens with zero attached hydrogens (tertiary/aromatic N) is 3. The van der Waals surface area contributed by atoms with Gasteiger partial charge in [-0.2, -0.15) is 0 Å². The molecule has 0 saturated heterocycles. The Morgan fingerprint density at radius 1 is 1.05 bits per heavy atom. The summed E-state index contributed by atoms with van der Waals surface area (Å²) in [7, 11) is 0. The molecule has 1 amide bonds. The van der Waals surface area contributed by atoms with Crippen molar-refractivity contribution >= 4 is 16.8 Å². The Hall–Kier alpha value is -3.87. The lowest BCUT2D eigenvalue weighted by molar-refractivity contribution is -0.139. The van der Waals surface area contributed by atoms with E-state index < -0.39 is 6.04 Å². The largest absolute Gasteiger partial charge is 0.492 e. The maximum Gasteiger partial charge on any atom is 0.266 e. The van der Waals surface area contributed by atoms with E-state index in [9.17, 15) is 9.59 Å². The number of furan rings is 1. The number of benzene rings is 2. The number of para-hydroxylation sites is 3. The van der Waals surface area contributed by atoms with Crippen molar-refractivity contribution in [2.24, 2.45) is 5.92 Å². The predicted molar refractivity (Wildman–Crippen MR) is 149 cm³/mol. The summed E-state index contributed by atoms with van der Waals surface area (Å²) in [5.41, 5.74) is 0.990. The number of ether oxygens (including phenoxy) is 1. The Morgan fingerprint density at radius 3 is 2.53 bits per heavy atom. The Labute approximate surface area is 224 Å². The van der Waals surface area contributed by atoms with E-state index in [1.165, 1.54) is 0 Å². The number of aromatic nitrogens is 2. The molecule has 0 fully saturated rings. The van der Waals surface area contributed by atoms with Crippen molar-refractivity contribution in [2.45, 2.75) is 66.0 Å². The smallest absolute Gasteiger partial charge is 0.266 e. The fourth-order valence-electron chi connectivity index (χ4n) is 4.89. The lowest BCUT2D eigenvalue weighted by Crippen LogP contribution is -2.40. The van der Waals surface area contributed by atoms with Crippen LogP contribution in [-0.2, 0) is 11.3 Å². The molecular formula is C31H37N3O4. The van der Waals surface area contributed by atoms with Gasteiger partial charge in [-0.1, -0.05) is 51.0 Å². The van der Waals surface area contributed by atoms with Crippen molar-refractivity contribution in [3.63, 3.8) is 0 Å². The molecule has 0 aliphatic rings. The third kappa shape index (κ3) is 5.67. The van der Waals surface area contributed by atoms with Crippen molar-refractivity contribution < 1.29 is 13.9 Å². The van der Waals surface area contributed by atoms with Gasteiger partial charge in [0.15, 0.2) is 0 Å². The van der Waals surface area contributed by atoms with E-state index in [2.05, 4.69) is 13.8 Å². The number of amides is 1. The van der Waals surface area contributed by atoms with Crippen LogP contribution in [0.4, 0.5) is 0 Å². The molecule has 7 heteroatoms. The number of unbranched alkanes of at least 4 members (excludes halogenated alkanes) is 1. The van der Waals surface area contributed by atoms with Gasteiger partial charge < -0.3 is 14.1 Å². The van der Waals surface area contributed by atoms with Gasteiger partial charge >= 0.3 is 0 Å². The second-order valence-corrected chi connectivity index (χ2v) is 9.50. The van der Waals surface area contributed by atoms with Gasteiger partial charge in [0.1, 0.15) is 17.3 Å². The summed E-state index contributed by atoms with van der Waals surface area (Å²) in [6.07, 6.45) is 5.18. The van der Waals surface area contributed by atoms with Crippen LogP contribution in [0, 0.1) is 5.92 Å². The number of fused-ring (bicyclic) bond motifs is 1. The van der Waals surface area contributed by atoms with Gasteiger partial charge in [0, 0.05) is 5.92 Å². The van der Waals surface area contributed by atoms with E-state index in [4.69, 9.17) is 14.1 Å². The lowest BCUT2D eigenvalue weighted by atomic mass is 9.96. The number of hydrogen-bond acceptors (Lipinski definition) is 5. The minimum absolute atomic E-state index is 0.0388. The highest BCUT2D eigenvalue weighted by molar-refractivity contribution is 5.80. The van der Waals surface area contributed by atoms with Crippen LogP contribution in [0.3, 0.4) is 0 Å². The molecule has 0 spiro atoms. The third-order valence-electron chi connectivity index (χ3n) is 6.99. The van der Waals surface area contributed by atoms with E-state index in [0.717, 1.165) is 25.7 Å². The molecule has 0 radical (unpaired) electrons. The van der Waals surface area contributed by atoms with Gasteiger partial charge in [-0.15, -0.1) is 0 Å². The quantitative estimate of drug-likeness (QED) is 0.210. The molecular weight excluding hydrogens is 478 g/mol. The van der Waals surface area contributed by atoms with Crippen LogP contribution in [0.1, 0.15) is 71.0 Å². The molecule has 0 N–H and O–H groups in total. The Balaban J connectivity index is 1.91. The van der Waals surface area contributed by atoms with Crippen LogP contribution in [-0.4, -0.2) is 27.0 Å². The zero-order valence-corrected chi connectivity index (χ0v) is 22.7. The van der Waals surface area contributed by atoms with Crippen molar-refractivity contribution in [3.8, 4) is 11.4 Å². The van der Waals surface area contributed by atoms with E-state index in [1.54, 1.807) is 21.8 Å². The standard InChI is InChI=1S/C31H37N3O4/c1-5-8-14-23(6-2)30(35)33(21-24-15-13-20-38-24)22(4)29-32-26-17-10-9-16-25(26)31(36)34(29)27-18-11-12-19-28(27)37-7-3/h9-13,15-20,22-23H,5-8,14,21H2,1-4H3. The van der Waals surface area contributed by atoms with Crippen LogP contribution in [0.25, 0.3) is 16.6 Å². The Bertz CT molecular complexity index is 1410. The Kier molecular flexibility index (Phi) is 9.00. The molecule has 0 bridgehead atoms. The predicted octanol–water partition coefficient (Wildman–Crippen LogP) is 6.68. The molecule has 0 aliphatic carbocycles. The molecule has 2 unspecified atom stereocenters. The molecule has 4 aromatic rings. The van der Waals surface area contributed by atoms with Gasteiger partial charge in [0.05, 0.1) is 42.0 Å². The number of carbonyl (C=O) groups excluding carboxylic acids is 1. The molecule has 38 heavy (non-hydrogen) atoms. The molecule has 200 valence electrons. The second kappa shape index (κ2) is 12.6. The minimum Gasteiger partial charge on any atom is -0.492 e. The summed E-state index contributed by atoms with van der Waals surface area (Å²) in [6.45, 7) is 8.77.